The number of phenols is 1. The molecule has 1 aliphatic heterocycles. The van der Waals surface area contributed by atoms with Crippen molar-refractivity contribution in [3.05, 3.63) is 62.4 Å². The predicted molar refractivity (Wildman–Crippen MR) is 103 cm³/mol. The Labute approximate surface area is 156 Å². The summed E-state index contributed by atoms with van der Waals surface area (Å²) in [4.78, 5) is 14.5. The summed E-state index contributed by atoms with van der Waals surface area (Å²) < 4.78 is 0.919. The van der Waals surface area contributed by atoms with Crippen LogP contribution in [0, 0.1) is 0 Å². The molecule has 3 nitrogen and oxygen atoms in total. The number of thiocarbonyl (C=S) groups is 1. The van der Waals surface area contributed by atoms with Gasteiger partial charge in [-0.25, -0.2) is 0 Å². The molecule has 1 aliphatic rings. The van der Waals surface area contributed by atoms with Crippen LogP contribution < -0.4 is 4.90 Å². The number of phenolic OH excluding ortho intramolecular Hbond substituents is 1. The number of para-hydroxylation sites is 1. The fourth-order valence-electron chi connectivity index (χ4n) is 2.10. The van der Waals surface area contributed by atoms with Crippen LogP contribution in [0.5, 0.6) is 5.75 Å². The molecule has 116 valence electrons. The Kier molecular flexibility index (Phi) is 4.77. The van der Waals surface area contributed by atoms with E-state index in [-0.39, 0.29) is 11.7 Å². The number of anilines is 1. The summed E-state index contributed by atoms with van der Waals surface area (Å²) >= 11 is 15.7. The molecule has 0 unspecified atom stereocenters. The Bertz CT molecular complexity index is 839. The lowest BCUT2D eigenvalue weighted by Crippen LogP contribution is -2.27. The van der Waals surface area contributed by atoms with Crippen LogP contribution in [-0.4, -0.2) is 15.3 Å². The third kappa shape index (κ3) is 3.30. The van der Waals surface area contributed by atoms with Crippen molar-refractivity contribution >= 4 is 73.5 Å². The van der Waals surface area contributed by atoms with Gasteiger partial charge in [0.05, 0.1) is 15.1 Å². The van der Waals surface area contributed by atoms with E-state index in [2.05, 4.69) is 15.9 Å². The molecule has 0 atom stereocenters. The van der Waals surface area contributed by atoms with E-state index >= 15 is 0 Å². The van der Waals surface area contributed by atoms with Gasteiger partial charge in [-0.15, -0.1) is 0 Å². The number of carbonyl (C=O) groups is 1. The molecule has 1 saturated heterocycles. The molecule has 7 heteroatoms. The standard InChI is InChI=1S/C16H9BrClNO2S2/c17-12-8-10(18)6-9(14(12)20)7-13-15(21)19(16(22)23-13)11-4-2-1-3-5-11/h1-8,20H/b13-7+. The fourth-order valence-corrected chi connectivity index (χ4v) is 4.23. The number of hydrogen-bond donors (Lipinski definition) is 1. The average Bonchev–Trinajstić information content (AvgIpc) is 2.79. The van der Waals surface area contributed by atoms with Crippen molar-refractivity contribution in [2.24, 2.45) is 0 Å². The molecule has 0 saturated carbocycles. The molecule has 0 bridgehead atoms. The first-order chi connectivity index (χ1) is 11.0. The van der Waals surface area contributed by atoms with E-state index in [1.165, 1.54) is 16.7 Å². The first kappa shape index (κ1) is 16.5. The summed E-state index contributed by atoms with van der Waals surface area (Å²) in [5.74, 6) is -0.193. The highest BCUT2D eigenvalue weighted by Gasteiger charge is 2.33. The lowest BCUT2D eigenvalue weighted by molar-refractivity contribution is -0.113. The van der Waals surface area contributed by atoms with E-state index < -0.39 is 0 Å². The Morgan fingerprint density at radius 1 is 1.26 bits per heavy atom. The second kappa shape index (κ2) is 6.65. The number of benzene rings is 2. The Morgan fingerprint density at radius 2 is 1.96 bits per heavy atom. The molecule has 0 aromatic heterocycles. The minimum Gasteiger partial charge on any atom is -0.506 e. The summed E-state index contributed by atoms with van der Waals surface area (Å²) in [6.45, 7) is 0. The lowest BCUT2D eigenvalue weighted by Gasteiger charge is -2.13. The van der Waals surface area contributed by atoms with Gasteiger partial charge >= 0.3 is 0 Å². The van der Waals surface area contributed by atoms with Crippen molar-refractivity contribution in [2.45, 2.75) is 0 Å². The molecule has 1 fully saturated rings. The van der Waals surface area contributed by atoms with Crippen LogP contribution in [0.3, 0.4) is 0 Å². The molecule has 23 heavy (non-hydrogen) atoms. The fraction of sp³-hybridized carbons (Fsp3) is 0. The van der Waals surface area contributed by atoms with E-state index in [1.807, 2.05) is 30.3 Å². The van der Waals surface area contributed by atoms with Crippen molar-refractivity contribution in [1.29, 1.82) is 0 Å². The number of nitrogens with zero attached hydrogens (tertiary/aromatic N) is 1. The summed E-state index contributed by atoms with van der Waals surface area (Å²) in [5.41, 5.74) is 1.17. The number of amides is 1. The summed E-state index contributed by atoms with van der Waals surface area (Å²) in [7, 11) is 0. The van der Waals surface area contributed by atoms with Gasteiger partial charge in [-0.05, 0) is 46.3 Å². The third-order valence-electron chi connectivity index (χ3n) is 3.15. The van der Waals surface area contributed by atoms with E-state index in [1.54, 1.807) is 18.2 Å². The Balaban J connectivity index is 2.00. The number of aromatic hydroxyl groups is 1. The van der Waals surface area contributed by atoms with Gasteiger partial charge in [0.25, 0.3) is 5.91 Å². The monoisotopic (exact) mass is 425 g/mol. The van der Waals surface area contributed by atoms with Crippen LogP contribution in [0.25, 0.3) is 6.08 Å². The predicted octanol–water partition coefficient (Wildman–Crippen LogP) is 5.21. The SMILES string of the molecule is O=C1/C(=C\c2cc(Cl)cc(Br)c2O)SC(=S)N1c1ccccc1. The first-order valence-electron chi connectivity index (χ1n) is 6.48. The van der Waals surface area contributed by atoms with E-state index in [4.69, 9.17) is 23.8 Å². The first-order valence-corrected chi connectivity index (χ1v) is 8.88. The molecule has 0 aliphatic carbocycles. The largest absolute Gasteiger partial charge is 0.506 e. The van der Waals surface area contributed by atoms with Crippen LogP contribution >= 0.6 is 51.5 Å². The minimum atomic E-state index is -0.221. The zero-order chi connectivity index (χ0) is 16.6. The second-order valence-corrected chi connectivity index (χ2v) is 7.64. The van der Waals surface area contributed by atoms with Crippen LogP contribution in [0.4, 0.5) is 5.69 Å². The zero-order valence-electron chi connectivity index (χ0n) is 11.5. The number of halogens is 2. The van der Waals surface area contributed by atoms with Gasteiger partial charge in [-0.3, -0.25) is 9.69 Å². The molecule has 2 aromatic carbocycles. The van der Waals surface area contributed by atoms with E-state index in [0.29, 0.717) is 24.3 Å². The molecule has 0 spiro atoms. The summed E-state index contributed by atoms with van der Waals surface area (Å²) in [5, 5.41) is 10.6. The minimum absolute atomic E-state index is 0.0272. The second-order valence-electron chi connectivity index (χ2n) is 4.68. The molecular formula is C16H9BrClNO2S2. The quantitative estimate of drug-likeness (QED) is 0.528. The van der Waals surface area contributed by atoms with Gasteiger partial charge in [0.15, 0.2) is 4.32 Å². The van der Waals surface area contributed by atoms with E-state index in [9.17, 15) is 9.90 Å². The molecule has 1 heterocycles. The highest BCUT2D eigenvalue weighted by molar-refractivity contribution is 9.10. The van der Waals surface area contributed by atoms with Gasteiger partial charge in [0.2, 0.25) is 0 Å². The smallest absolute Gasteiger partial charge is 0.270 e. The highest BCUT2D eigenvalue weighted by Crippen LogP contribution is 2.39. The lowest BCUT2D eigenvalue weighted by atomic mass is 10.2. The average molecular weight is 427 g/mol. The number of rotatable bonds is 2. The van der Waals surface area contributed by atoms with Crippen LogP contribution in [0.1, 0.15) is 5.56 Å². The Morgan fingerprint density at radius 3 is 2.65 bits per heavy atom. The molecular weight excluding hydrogens is 418 g/mol. The van der Waals surface area contributed by atoms with Gasteiger partial charge in [0.1, 0.15) is 5.75 Å². The highest BCUT2D eigenvalue weighted by atomic mass is 79.9. The Hall–Kier alpha value is -1.34. The van der Waals surface area contributed by atoms with Crippen LogP contribution in [0.2, 0.25) is 5.02 Å². The number of hydrogen-bond acceptors (Lipinski definition) is 4. The van der Waals surface area contributed by atoms with Crippen molar-refractivity contribution in [3.63, 3.8) is 0 Å². The van der Waals surface area contributed by atoms with Crippen molar-refractivity contribution in [3.8, 4) is 5.75 Å². The number of thioether (sulfide) groups is 1. The van der Waals surface area contributed by atoms with Crippen molar-refractivity contribution < 1.29 is 9.90 Å². The topological polar surface area (TPSA) is 40.5 Å². The molecule has 0 radical (unpaired) electrons. The normalized spacial score (nSPS) is 16.4. The maximum Gasteiger partial charge on any atom is 0.270 e. The zero-order valence-corrected chi connectivity index (χ0v) is 15.5. The number of carbonyl (C=O) groups excluding carboxylic acids is 1. The van der Waals surface area contributed by atoms with Crippen molar-refractivity contribution in [1.82, 2.24) is 0 Å². The molecule has 1 N–H and O–H groups in total. The van der Waals surface area contributed by atoms with E-state index in [0.717, 1.165) is 5.69 Å². The molecule has 2 aromatic rings. The van der Waals surface area contributed by atoms with Gasteiger partial charge < -0.3 is 5.11 Å². The van der Waals surface area contributed by atoms with Crippen molar-refractivity contribution in [2.75, 3.05) is 4.90 Å². The summed E-state index contributed by atoms with van der Waals surface area (Å²) in [6, 6.07) is 12.4. The van der Waals surface area contributed by atoms with Gasteiger partial charge in [-0.2, -0.15) is 0 Å². The molecule has 1 amide bonds. The van der Waals surface area contributed by atoms with Crippen LogP contribution in [0.15, 0.2) is 51.8 Å². The third-order valence-corrected chi connectivity index (χ3v) is 5.28. The summed E-state index contributed by atoms with van der Waals surface area (Å²) in [6.07, 6.45) is 1.59. The molecule has 3 rings (SSSR count). The maximum atomic E-state index is 12.6. The van der Waals surface area contributed by atoms with Gasteiger partial charge in [-0.1, -0.05) is 53.8 Å². The van der Waals surface area contributed by atoms with Crippen LogP contribution in [-0.2, 0) is 4.79 Å². The maximum absolute atomic E-state index is 12.6. The van der Waals surface area contributed by atoms with Gasteiger partial charge in [0, 0.05) is 10.6 Å².